The van der Waals surface area contributed by atoms with Gasteiger partial charge in [0.1, 0.15) is 18.5 Å². The van der Waals surface area contributed by atoms with Crippen LogP contribution in [0.15, 0.2) is 66.9 Å². The Balaban J connectivity index is 1.20. The van der Waals surface area contributed by atoms with Gasteiger partial charge in [0.2, 0.25) is 5.52 Å². The van der Waals surface area contributed by atoms with Crippen LogP contribution in [0.4, 0.5) is 4.79 Å². The number of hydrogen-bond donors (Lipinski definition) is 2. The van der Waals surface area contributed by atoms with Crippen molar-refractivity contribution >= 4 is 25.6 Å². The Morgan fingerprint density at radius 3 is 2.02 bits per heavy atom. The number of methoxy groups -OCH3 is 1. The molecule has 2 unspecified atom stereocenters. The lowest BCUT2D eigenvalue weighted by atomic mass is 10.0. The third-order valence-corrected chi connectivity index (χ3v) is 9.40. The summed E-state index contributed by atoms with van der Waals surface area (Å²) in [4.78, 5) is 22.7. The Kier molecular flexibility index (Phi) is 20.9. The van der Waals surface area contributed by atoms with Gasteiger partial charge in [-0.3, -0.25) is 4.52 Å². The van der Waals surface area contributed by atoms with E-state index < -0.39 is 20.8 Å². The number of para-hydroxylation sites is 2. The molecule has 0 aliphatic carbocycles. The van der Waals surface area contributed by atoms with Crippen molar-refractivity contribution in [3.63, 3.8) is 0 Å². The molecule has 0 radical (unpaired) electrons. The summed E-state index contributed by atoms with van der Waals surface area (Å²) in [5.74, 6) is 0.547. The van der Waals surface area contributed by atoms with Crippen LogP contribution >= 0.6 is 8.60 Å². The smallest absolute Gasteiger partial charge is 0.407 e. The molecular formula is C39H60N2O6P+. The van der Waals surface area contributed by atoms with Gasteiger partial charge in [0.25, 0.3) is 0 Å². The van der Waals surface area contributed by atoms with E-state index in [1.807, 2.05) is 48.7 Å². The zero-order valence-electron chi connectivity index (χ0n) is 29.5. The Morgan fingerprint density at radius 1 is 0.771 bits per heavy atom. The number of carbonyl (C=O) groups excluding carboxylic acids is 1. The van der Waals surface area contributed by atoms with E-state index in [0.29, 0.717) is 18.8 Å². The van der Waals surface area contributed by atoms with E-state index in [0.717, 1.165) is 29.3 Å². The van der Waals surface area contributed by atoms with E-state index in [4.69, 9.17) is 18.5 Å². The zero-order valence-corrected chi connectivity index (χ0v) is 30.3. The van der Waals surface area contributed by atoms with Gasteiger partial charge in [-0.25, -0.2) is 4.79 Å². The topological polar surface area (TPSA) is 90.1 Å². The number of nitrogens with one attached hydrogen (secondary N) is 1. The molecule has 1 aromatic heterocycles. The van der Waals surface area contributed by atoms with Crippen LogP contribution in [0.2, 0.25) is 0 Å². The van der Waals surface area contributed by atoms with Gasteiger partial charge < -0.3 is 24.2 Å². The van der Waals surface area contributed by atoms with Crippen LogP contribution in [0.3, 0.4) is 0 Å². The second kappa shape index (κ2) is 25.2. The number of fused-ring (bicyclic) bond motifs is 1. The lowest BCUT2D eigenvalue weighted by molar-refractivity contribution is -0.662. The Labute approximate surface area is 290 Å². The van der Waals surface area contributed by atoms with E-state index in [-0.39, 0.29) is 13.2 Å². The van der Waals surface area contributed by atoms with Gasteiger partial charge in [0.05, 0.1) is 12.2 Å². The largest absolute Gasteiger partial charge is 0.447 e. The quantitative estimate of drug-likeness (QED) is 0.0473. The molecule has 2 N–H and O–H groups in total. The number of unbranched alkanes of at least 4 members (excludes halogenated alkanes) is 15. The summed E-state index contributed by atoms with van der Waals surface area (Å²) >= 11 is 0. The number of alkyl carbamates (subject to hydrolysis) is 1. The number of aromatic nitrogens is 1. The van der Waals surface area contributed by atoms with Crippen molar-refractivity contribution in [3.8, 4) is 5.75 Å². The molecule has 0 fully saturated rings. The highest BCUT2D eigenvalue weighted by atomic mass is 31.2. The summed E-state index contributed by atoms with van der Waals surface area (Å²) in [5, 5.41) is 3.96. The number of ether oxygens (including phenoxy) is 2. The van der Waals surface area contributed by atoms with Crippen molar-refractivity contribution in [2.45, 2.75) is 122 Å². The minimum atomic E-state index is -2.22. The van der Waals surface area contributed by atoms with Gasteiger partial charge in [-0.1, -0.05) is 128 Å². The molecular weight excluding hydrogens is 623 g/mol. The molecule has 266 valence electrons. The Bertz CT molecular complexity index is 1270. The van der Waals surface area contributed by atoms with Gasteiger partial charge in [-0.05, 0) is 30.7 Å². The zero-order chi connectivity index (χ0) is 34.1. The van der Waals surface area contributed by atoms with Crippen LogP contribution in [-0.2, 0) is 20.5 Å². The van der Waals surface area contributed by atoms with Gasteiger partial charge in [-0.15, -0.1) is 0 Å². The fourth-order valence-electron chi connectivity index (χ4n) is 5.79. The predicted octanol–water partition coefficient (Wildman–Crippen LogP) is 9.79. The van der Waals surface area contributed by atoms with Crippen molar-refractivity contribution in [2.24, 2.45) is 0 Å². The number of pyridine rings is 1. The molecule has 0 aliphatic heterocycles. The first-order chi connectivity index (χ1) is 23.6. The standard InChI is InChI=1S/C39H59N2O6P/c1-3-4-5-6-7-8-9-10-11-12-13-14-15-16-17-22-29-40-39(42)45-32-36(44-2)33-46-48(43)47-38-28-21-19-25-35(38)31-41-30-23-26-34-24-18-20-27-37(34)41/h18-21,23-28,30,36,43H,3-17,22,29,31-33H2,1-2H3/p+1. The maximum Gasteiger partial charge on any atom is 0.407 e. The number of nitrogens with zero attached hydrogens (tertiary/aromatic N) is 1. The third-order valence-electron chi connectivity index (χ3n) is 8.68. The lowest BCUT2D eigenvalue weighted by Crippen LogP contribution is -2.34. The van der Waals surface area contributed by atoms with E-state index in [2.05, 4.69) is 35.0 Å². The van der Waals surface area contributed by atoms with Crippen molar-refractivity contribution in [2.75, 3.05) is 26.9 Å². The van der Waals surface area contributed by atoms with Crippen molar-refractivity contribution in [1.82, 2.24) is 5.32 Å². The highest BCUT2D eigenvalue weighted by molar-refractivity contribution is 7.41. The third kappa shape index (κ3) is 16.6. The van der Waals surface area contributed by atoms with Crippen molar-refractivity contribution in [3.05, 3.63) is 72.4 Å². The first-order valence-corrected chi connectivity index (χ1v) is 19.4. The first-order valence-electron chi connectivity index (χ1n) is 18.3. The summed E-state index contributed by atoms with van der Waals surface area (Å²) < 4.78 is 24.2. The molecule has 3 rings (SSSR count). The van der Waals surface area contributed by atoms with E-state index >= 15 is 0 Å². The van der Waals surface area contributed by atoms with E-state index in [9.17, 15) is 9.69 Å². The second-order valence-electron chi connectivity index (χ2n) is 12.6. The number of hydrogen-bond acceptors (Lipinski definition) is 6. The van der Waals surface area contributed by atoms with Crippen molar-refractivity contribution in [1.29, 1.82) is 0 Å². The Morgan fingerprint density at radius 2 is 1.35 bits per heavy atom. The molecule has 3 aromatic rings. The van der Waals surface area contributed by atoms with E-state index in [1.165, 1.54) is 97.0 Å². The fourth-order valence-corrected chi connectivity index (χ4v) is 6.48. The number of rotatable bonds is 27. The molecule has 48 heavy (non-hydrogen) atoms. The van der Waals surface area contributed by atoms with Crippen LogP contribution in [0.25, 0.3) is 10.9 Å². The second-order valence-corrected chi connectivity index (χ2v) is 13.5. The molecule has 9 heteroatoms. The van der Waals surface area contributed by atoms with Crippen LogP contribution in [-0.4, -0.2) is 44.0 Å². The van der Waals surface area contributed by atoms with Crippen molar-refractivity contribution < 1.29 is 32.8 Å². The SMILES string of the molecule is CCCCCCCCCCCCCCCCCCNC(=O)OCC(COP(O)Oc1ccccc1C[n+]1cccc2ccccc21)OC. The molecule has 2 atom stereocenters. The fraction of sp³-hybridized carbons (Fsp3) is 0.590. The maximum absolute atomic E-state index is 12.2. The van der Waals surface area contributed by atoms with Gasteiger partial charge >= 0.3 is 14.7 Å². The summed E-state index contributed by atoms with van der Waals surface area (Å²) in [7, 11) is -0.702. The minimum Gasteiger partial charge on any atom is -0.447 e. The molecule has 0 saturated heterocycles. The molecule has 0 bridgehead atoms. The van der Waals surface area contributed by atoms with Gasteiger partial charge in [0.15, 0.2) is 12.7 Å². The highest BCUT2D eigenvalue weighted by Crippen LogP contribution is 2.37. The number of benzene rings is 2. The molecule has 1 amide bonds. The average molecular weight is 684 g/mol. The summed E-state index contributed by atoms with van der Waals surface area (Å²) in [6.45, 7) is 3.47. The Hall–Kier alpha value is -2.77. The minimum absolute atomic E-state index is 0.0127. The number of amides is 1. The monoisotopic (exact) mass is 683 g/mol. The van der Waals surface area contributed by atoms with E-state index in [1.54, 1.807) is 0 Å². The first kappa shape index (κ1) is 39.7. The highest BCUT2D eigenvalue weighted by Gasteiger charge is 2.19. The van der Waals surface area contributed by atoms with Crippen LogP contribution < -0.4 is 14.4 Å². The molecule has 2 aromatic carbocycles. The van der Waals surface area contributed by atoms with Crippen LogP contribution in [0.5, 0.6) is 5.75 Å². The predicted molar refractivity (Wildman–Crippen MR) is 195 cm³/mol. The molecule has 0 saturated carbocycles. The summed E-state index contributed by atoms with van der Waals surface area (Å²) in [6, 6.07) is 19.9. The average Bonchev–Trinajstić information content (AvgIpc) is 3.10. The summed E-state index contributed by atoms with van der Waals surface area (Å²) in [5.41, 5.74) is 2.02. The molecule has 0 aliphatic rings. The molecule has 8 nitrogen and oxygen atoms in total. The summed E-state index contributed by atoms with van der Waals surface area (Å²) in [6.07, 6.45) is 22.1. The normalized spacial score (nSPS) is 12.6. The molecule has 1 heterocycles. The van der Waals surface area contributed by atoms with Gasteiger partial charge in [-0.2, -0.15) is 4.57 Å². The number of carbonyl (C=O) groups is 1. The molecule has 0 spiro atoms. The van der Waals surface area contributed by atoms with Crippen LogP contribution in [0, 0.1) is 0 Å². The lowest BCUT2D eigenvalue weighted by Gasteiger charge is -2.18. The van der Waals surface area contributed by atoms with Gasteiger partial charge in [0, 0.05) is 31.2 Å². The van der Waals surface area contributed by atoms with Crippen LogP contribution in [0.1, 0.15) is 115 Å². The maximum atomic E-state index is 12.2.